The number of carbonyl (C=O) groups excluding carboxylic acids is 1. The van der Waals surface area contributed by atoms with Gasteiger partial charge in [0.05, 0.1) is 0 Å². The number of carbonyl (C=O) groups is 1. The number of hydrogen-bond donors (Lipinski definition) is 3. The number of hydrogen-bond acceptors (Lipinski definition) is 2. The van der Waals surface area contributed by atoms with Crippen LogP contribution in [0.1, 0.15) is 31.2 Å². The van der Waals surface area contributed by atoms with Gasteiger partial charge < -0.3 is 15.7 Å². The standard InChI is InChI=1S/C15H21ClN2O2/c16-13-5-3-12(4-6-13)15(7-1-8-15)11-18-14(20)17-9-2-10-19/h3-6,19H,1-2,7-11H2,(H2,17,18,20). The molecule has 5 heteroatoms. The molecule has 2 amide bonds. The monoisotopic (exact) mass is 296 g/mol. The number of aliphatic hydroxyl groups excluding tert-OH is 1. The Labute approximate surface area is 124 Å². The summed E-state index contributed by atoms with van der Waals surface area (Å²) < 4.78 is 0. The number of nitrogens with one attached hydrogen (secondary N) is 2. The Morgan fingerprint density at radius 1 is 1.25 bits per heavy atom. The van der Waals surface area contributed by atoms with Gasteiger partial charge in [0.2, 0.25) is 0 Å². The number of halogens is 1. The van der Waals surface area contributed by atoms with E-state index in [0.717, 1.165) is 17.9 Å². The van der Waals surface area contributed by atoms with Crippen LogP contribution >= 0.6 is 11.6 Å². The van der Waals surface area contributed by atoms with Gasteiger partial charge >= 0.3 is 6.03 Å². The van der Waals surface area contributed by atoms with Gasteiger partial charge in [0.1, 0.15) is 0 Å². The lowest BCUT2D eigenvalue weighted by molar-refractivity contribution is 0.214. The summed E-state index contributed by atoms with van der Waals surface area (Å²) in [7, 11) is 0. The largest absolute Gasteiger partial charge is 0.396 e. The predicted octanol–water partition coefficient (Wildman–Crippen LogP) is 2.44. The van der Waals surface area contributed by atoms with Gasteiger partial charge in [-0.05, 0) is 37.0 Å². The van der Waals surface area contributed by atoms with Crippen LogP contribution in [-0.2, 0) is 5.41 Å². The first kappa shape index (κ1) is 15.1. The number of amides is 2. The maximum Gasteiger partial charge on any atom is 0.314 e. The molecule has 0 unspecified atom stereocenters. The fraction of sp³-hybridized carbons (Fsp3) is 0.533. The molecule has 1 saturated carbocycles. The van der Waals surface area contributed by atoms with Crippen LogP contribution in [0.25, 0.3) is 0 Å². The van der Waals surface area contributed by atoms with Crippen molar-refractivity contribution >= 4 is 17.6 Å². The molecule has 2 rings (SSSR count). The quantitative estimate of drug-likeness (QED) is 0.706. The Morgan fingerprint density at radius 2 is 1.95 bits per heavy atom. The lowest BCUT2D eigenvalue weighted by Gasteiger charge is -2.42. The van der Waals surface area contributed by atoms with E-state index in [2.05, 4.69) is 10.6 Å². The lowest BCUT2D eigenvalue weighted by Crippen LogP contribution is -2.48. The summed E-state index contributed by atoms with van der Waals surface area (Å²) in [4.78, 5) is 11.7. The molecular weight excluding hydrogens is 276 g/mol. The number of aliphatic hydroxyl groups is 1. The second kappa shape index (κ2) is 6.95. The summed E-state index contributed by atoms with van der Waals surface area (Å²) in [6.45, 7) is 1.23. The third kappa shape index (κ3) is 3.64. The number of urea groups is 1. The molecule has 3 N–H and O–H groups in total. The summed E-state index contributed by atoms with van der Waals surface area (Å²) >= 11 is 5.92. The van der Waals surface area contributed by atoms with Crippen molar-refractivity contribution in [3.05, 3.63) is 34.9 Å². The lowest BCUT2D eigenvalue weighted by atomic mass is 9.64. The van der Waals surface area contributed by atoms with Gasteiger partial charge in [-0.25, -0.2) is 4.79 Å². The predicted molar refractivity (Wildman–Crippen MR) is 80.1 cm³/mol. The van der Waals surface area contributed by atoms with Crippen LogP contribution in [0.3, 0.4) is 0 Å². The van der Waals surface area contributed by atoms with Crippen LogP contribution in [0.2, 0.25) is 5.02 Å². The molecule has 0 radical (unpaired) electrons. The van der Waals surface area contributed by atoms with Crippen molar-refractivity contribution in [2.45, 2.75) is 31.1 Å². The summed E-state index contributed by atoms with van der Waals surface area (Å²) in [6, 6.07) is 7.73. The van der Waals surface area contributed by atoms with E-state index in [9.17, 15) is 4.79 Å². The molecule has 0 aromatic heterocycles. The molecule has 110 valence electrons. The second-order valence-electron chi connectivity index (χ2n) is 5.33. The van der Waals surface area contributed by atoms with E-state index in [0.29, 0.717) is 19.5 Å². The highest BCUT2D eigenvalue weighted by Gasteiger charge is 2.38. The Bertz CT molecular complexity index is 444. The van der Waals surface area contributed by atoms with E-state index in [1.54, 1.807) is 0 Å². The van der Waals surface area contributed by atoms with Crippen molar-refractivity contribution in [3.8, 4) is 0 Å². The van der Waals surface area contributed by atoms with E-state index < -0.39 is 0 Å². The SMILES string of the molecule is O=C(NCCCO)NCC1(c2ccc(Cl)cc2)CCC1. The molecule has 0 heterocycles. The number of rotatable bonds is 6. The summed E-state index contributed by atoms with van der Waals surface area (Å²) in [5, 5.41) is 15.1. The zero-order valence-corrected chi connectivity index (χ0v) is 12.2. The molecule has 0 spiro atoms. The normalized spacial score (nSPS) is 16.3. The summed E-state index contributed by atoms with van der Waals surface area (Å²) in [5.41, 5.74) is 1.29. The van der Waals surface area contributed by atoms with Crippen LogP contribution in [0.5, 0.6) is 0 Å². The maximum atomic E-state index is 11.7. The Morgan fingerprint density at radius 3 is 2.50 bits per heavy atom. The molecule has 1 fully saturated rings. The first-order chi connectivity index (χ1) is 9.66. The highest BCUT2D eigenvalue weighted by atomic mass is 35.5. The molecule has 1 aromatic rings. The highest BCUT2D eigenvalue weighted by Crippen LogP contribution is 2.43. The first-order valence-corrected chi connectivity index (χ1v) is 7.43. The average molecular weight is 297 g/mol. The van der Waals surface area contributed by atoms with Crippen molar-refractivity contribution in [3.63, 3.8) is 0 Å². The molecule has 1 aromatic carbocycles. The molecule has 1 aliphatic carbocycles. The first-order valence-electron chi connectivity index (χ1n) is 7.05. The fourth-order valence-electron chi connectivity index (χ4n) is 2.57. The molecule has 4 nitrogen and oxygen atoms in total. The van der Waals surface area contributed by atoms with E-state index in [-0.39, 0.29) is 18.1 Å². The van der Waals surface area contributed by atoms with Gasteiger partial charge in [-0.2, -0.15) is 0 Å². The zero-order chi connectivity index (χ0) is 14.4. The molecule has 0 atom stereocenters. The minimum atomic E-state index is -0.168. The summed E-state index contributed by atoms with van der Waals surface area (Å²) in [6.07, 6.45) is 3.95. The molecule has 0 saturated heterocycles. The van der Waals surface area contributed by atoms with Gasteiger partial charge in [0.15, 0.2) is 0 Å². The van der Waals surface area contributed by atoms with E-state index >= 15 is 0 Å². The van der Waals surface area contributed by atoms with Crippen molar-refractivity contribution < 1.29 is 9.90 Å². The Balaban J connectivity index is 1.88. The minimum Gasteiger partial charge on any atom is -0.396 e. The van der Waals surface area contributed by atoms with Crippen molar-refractivity contribution in [2.75, 3.05) is 19.7 Å². The van der Waals surface area contributed by atoms with Gasteiger partial charge in [0.25, 0.3) is 0 Å². The third-order valence-corrected chi connectivity index (χ3v) is 4.23. The zero-order valence-electron chi connectivity index (χ0n) is 11.5. The van der Waals surface area contributed by atoms with Gasteiger partial charge in [-0.1, -0.05) is 30.2 Å². The molecule has 0 bridgehead atoms. The topological polar surface area (TPSA) is 61.4 Å². The highest BCUT2D eigenvalue weighted by molar-refractivity contribution is 6.30. The third-order valence-electron chi connectivity index (χ3n) is 3.98. The second-order valence-corrected chi connectivity index (χ2v) is 5.76. The van der Waals surface area contributed by atoms with Gasteiger partial charge in [-0.3, -0.25) is 0 Å². The van der Waals surface area contributed by atoms with Crippen LogP contribution < -0.4 is 10.6 Å². The van der Waals surface area contributed by atoms with E-state index in [4.69, 9.17) is 16.7 Å². The van der Waals surface area contributed by atoms with Gasteiger partial charge in [-0.15, -0.1) is 0 Å². The van der Waals surface area contributed by atoms with Crippen LogP contribution in [-0.4, -0.2) is 30.8 Å². The van der Waals surface area contributed by atoms with E-state index in [1.807, 2.05) is 24.3 Å². The minimum absolute atomic E-state index is 0.0545. The molecule has 0 aliphatic heterocycles. The molecule has 20 heavy (non-hydrogen) atoms. The van der Waals surface area contributed by atoms with Crippen LogP contribution in [0.15, 0.2) is 24.3 Å². The molecular formula is C15H21ClN2O2. The Kier molecular flexibility index (Phi) is 5.26. The van der Waals surface area contributed by atoms with Crippen molar-refractivity contribution in [1.82, 2.24) is 10.6 Å². The number of benzene rings is 1. The van der Waals surface area contributed by atoms with Crippen molar-refractivity contribution in [2.24, 2.45) is 0 Å². The fourth-order valence-corrected chi connectivity index (χ4v) is 2.69. The molecule has 1 aliphatic rings. The van der Waals surface area contributed by atoms with Crippen LogP contribution in [0.4, 0.5) is 4.79 Å². The smallest absolute Gasteiger partial charge is 0.314 e. The maximum absolute atomic E-state index is 11.7. The van der Waals surface area contributed by atoms with Crippen molar-refractivity contribution in [1.29, 1.82) is 0 Å². The average Bonchev–Trinajstić information content (AvgIpc) is 2.40. The van der Waals surface area contributed by atoms with Crippen LogP contribution in [0, 0.1) is 0 Å². The summed E-state index contributed by atoms with van der Waals surface area (Å²) in [5.74, 6) is 0. The van der Waals surface area contributed by atoms with E-state index in [1.165, 1.54) is 12.0 Å². The van der Waals surface area contributed by atoms with Gasteiger partial charge in [0, 0.05) is 30.1 Å². The Hall–Kier alpha value is -1.26.